The lowest BCUT2D eigenvalue weighted by atomic mass is 10.1. The minimum atomic E-state index is -2.13. The van der Waals surface area contributed by atoms with Crippen LogP contribution in [-0.4, -0.2) is 8.07 Å². The van der Waals surface area contributed by atoms with Gasteiger partial charge in [0.05, 0.1) is 20.8 Å². The van der Waals surface area contributed by atoms with Crippen molar-refractivity contribution in [3.63, 3.8) is 0 Å². The maximum Gasteiger partial charge on any atom is 0.136 e. The van der Waals surface area contributed by atoms with Crippen LogP contribution in [0.3, 0.4) is 0 Å². The molecule has 0 unspecified atom stereocenters. The Bertz CT molecular complexity index is 3400. The van der Waals surface area contributed by atoms with Gasteiger partial charge in [-0.2, -0.15) is 0 Å². The first-order valence-electron chi connectivity index (χ1n) is 19.8. The Labute approximate surface area is 345 Å². The van der Waals surface area contributed by atoms with Crippen molar-refractivity contribution in [3.8, 4) is 11.3 Å². The van der Waals surface area contributed by atoms with Crippen LogP contribution in [0.1, 0.15) is 0 Å². The SMILES string of the molecule is C[Si]1(C)c2ccc(N(c3ccccc3)c3cccc4c3sc3ccccc34)cc2-c2oc3cc(N(c4ccccc4)c4cccc5c4sc4ccccc45)ccc3c21. The van der Waals surface area contributed by atoms with E-state index in [1.807, 2.05) is 22.7 Å². The number of fused-ring (bicyclic) bond motifs is 11. The summed E-state index contributed by atoms with van der Waals surface area (Å²) in [6.07, 6.45) is 0. The van der Waals surface area contributed by atoms with E-state index in [4.69, 9.17) is 4.42 Å². The molecule has 8 aromatic carbocycles. The highest BCUT2D eigenvalue weighted by Crippen LogP contribution is 2.48. The first-order valence-corrected chi connectivity index (χ1v) is 24.4. The summed E-state index contributed by atoms with van der Waals surface area (Å²) in [5, 5.41) is 9.20. The minimum absolute atomic E-state index is 0.929. The Morgan fingerprint density at radius 1 is 0.431 bits per heavy atom. The third-order valence-electron chi connectivity index (χ3n) is 12.0. The molecule has 6 heteroatoms. The molecule has 0 bridgehead atoms. The Morgan fingerprint density at radius 2 is 0.931 bits per heavy atom. The van der Waals surface area contributed by atoms with Crippen LogP contribution < -0.4 is 20.2 Å². The van der Waals surface area contributed by atoms with Gasteiger partial charge < -0.3 is 14.2 Å². The molecule has 11 aromatic rings. The molecule has 4 heterocycles. The van der Waals surface area contributed by atoms with Gasteiger partial charge in [0.15, 0.2) is 0 Å². The van der Waals surface area contributed by atoms with Crippen LogP contribution in [0.5, 0.6) is 0 Å². The van der Waals surface area contributed by atoms with Crippen molar-refractivity contribution < 1.29 is 4.42 Å². The number of rotatable bonds is 6. The minimum Gasteiger partial charge on any atom is -0.456 e. The quantitative estimate of drug-likeness (QED) is 0.156. The molecule has 0 amide bonds. The fraction of sp³-hybridized carbons (Fsp3) is 0.0385. The van der Waals surface area contributed by atoms with Crippen molar-refractivity contribution in [2.45, 2.75) is 13.1 Å². The molecule has 12 rings (SSSR count). The number of nitrogens with zero attached hydrogens (tertiary/aromatic N) is 2. The van der Waals surface area contributed by atoms with Gasteiger partial charge >= 0.3 is 0 Å². The molecule has 3 aromatic heterocycles. The van der Waals surface area contributed by atoms with Gasteiger partial charge in [0, 0.05) is 70.7 Å². The van der Waals surface area contributed by atoms with E-state index in [0.717, 1.165) is 34.1 Å². The third-order valence-corrected chi connectivity index (χ3v) is 18.0. The topological polar surface area (TPSA) is 19.6 Å². The second-order valence-electron chi connectivity index (χ2n) is 15.7. The van der Waals surface area contributed by atoms with Gasteiger partial charge in [0.1, 0.15) is 19.4 Å². The number of hydrogen-bond donors (Lipinski definition) is 0. The highest BCUT2D eigenvalue weighted by atomic mass is 32.1. The summed E-state index contributed by atoms with van der Waals surface area (Å²) in [4.78, 5) is 4.82. The highest BCUT2D eigenvalue weighted by Gasteiger charge is 2.42. The summed E-state index contributed by atoms with van der Waals surface area (Å²) in [6, 6.07) is 66.4. The van der Waals surface area contributed by atoms with E-state index in [1.165, 1.54) is 73.0 Å². The van der Waals surface area contributed by atoms with Crippen molar-refractivity contribution >= 4 is 127 Å². The summed E-state index contributed by atoms with van der Waals surface area (Å²) >= 11 is 3.73. The normalized spacial score (nSPS) is 13.1. The van der Waals surface area contributed by atoms with E-state index in [9.17, 15) is 0 Å². The van der Waals surface area contributed by atoms with E-state index in [2.05, 4.69) is 205 Å². The first-order chi connectivity index (χ1) is 28.5. The summed E-state index contributed by atoms with van der Waals surface area (Å²) in [7, 11) is -2.13. The van der Waals surface area contributed by atoms with Crippen molar-refractivity contribution in [3.05, 3.63) is 182 Å². The number of furan rings is 1. The van der Waals surface area contributed by atoms with Crippen molar-refractivity contribution in [2.75, 3.05) is 9.80 Å². The molecule has 0 fully saturated rings. The first kappa shape index (κ1) is 33.7. The van der Waals surface area contributed by atoms with Crippen LogP contribution in [-0.2, 0) is 0 Å². The predicted molar refractivity (Wildman–Crippen MR) is 254 cm³/mol. The van der Waals surface area contributed by atoms with E-state index in [-0.39, 0.29) is 0 Å². The summed E-state index contributed by atoms with van der Waals surface area (Å²) in [5.41, 5.74) is 8.94. The summed E-state index contributed by atoms with van der Waals surface area (Å²) in [6.45, 7) is 4.96. The number of benzene rings is 8. The lowest BCUT2D eigenvalue weighted by Gasteiger charge is -2.27. The fourth-order valence-electron chi connectivity index (χ4n) is 9.40. The summed E-state index contributed by atoms with van der Waals surface area (Å²) in [5.74, 6) is 1.02. The monoisotopic (exact) mass is 796 g/mol. The lowest BCUT2D eigenvalue weighted by molar-refractivity contribution is 0.635. The maximum atomic E-state index is 7.12. The average molecular weight is 797 g/mol. The van der Waals surface area contributed by atoms with Crippen LogP contribution in [0, 0.1) is 0 Å². The largest absolute Gasteiger partial charge is 0.456 e. The van der Waals surface area contributed by atoms with Gasteiger partial charge in [-0.3, -0.25) is 0 Å². The van der Waals surface area contributed by atoms with E-state index < -0.39 is 8.07 Å². The van der Waals surface area contributed by atoms with Crippen LogP contribution in [0.15, 0.2) is 186 Å². The van der Waals surface area contributed by atoms with Crippen LogP contribution in [0.25, 0.3) is 62.6 Å². The Hall–Kier alpha value is -6.44. The molecule has 0 saturated carbocycles. The third kappa shape index (κ3) is 4.96. The molecule has 1 aliphatic rings. The Morgan fingerprint density at radius 3 is 1.52 bits per heavy atom. The second-order valence-corrected chi connectivity index (χ2v) is 22.1. The van der Waals surface area contributed by atoms with E-state index in [0.29, 0.717) is 0 Å². The van der Waals surface area contributed by atoms with Crippen LogP contribution >= 0.6 is 22.7 Å². The van der Waals surface area contributed by atoms with Crippen LogP contribution in [0.2, 0.25) is 13.1 Å². The highest BCUT2D eigenvalue weighted by molar-refractivity contribution is 7.26. The number of para-hydroxylation sites is 2. The van der Waals surface area contributed by atoms with Gasteiger partial charge in [0.25, 0.3) is 0 Å². The van der Waals surface area contributed by atoms with Crippen molar-refractivity contribution in [2.24, 2.45) is 0 Å². The number of thiophene rings is 2. The molecule has 276 valence electrons. The molecule has 0 aliphatic carbocycles. The predicted octanol–water partition coefficient (Wildman–Crippen LogP) is 14.9. The van der Waals surface area contributed by atoms with Gasteiger partial charge in [0.2, 0.25) is 0 Å². The zero-order valence-corrected chi connectivity index (χ0v) is 34.6. The molecule has 0 atom stereocenters. The van der Waals surface area contributed by atoms with Gasteiger partial charge in [-0.25, -0.2) is 0 Å². The van der Waals surface area contributed by atoms with E-state index >= 15 is 0 Å². The number of hydrogen-bond acceptors (Lipinski definition) is 5. The van der Waals surface area contributed by atoms with Crippen molar-refractivity contribution in [1.29, 1.82) is 0 Å². The molecule has 58 heavy (non-hydrogen) atoms. The Balaban J connectivity index is 1.03. The van der Waals surface area contributed by atoms with Crippen molar-refractivity contribution in [1.82, 2.24) is 0 Å². The molecule has 1 aliphatic heterocycles. The Kier molecular flexibility index (Phi) is 7.42. The molecule has 0 saturated heterocycles. The summed E-state index contributed by atoms with van der Waals surface area (Å²) < 4.78 is 12.3. The zero-order valence-electron chi connectivity index (χ0n) is 31.9. The van der Waals surface area contributed by atoms with Gasteiger partial charge in [-0.15, -0.1) is 22.7 Å². The molecule has 0 N–H and O–H groups in total. The zero-order chi connectivity index (χ0) is 38.5. The molecular weight excluding hydrogens is 761 g/mol. The van der Waals surface area contributed by atoms with Crippen LogP contribution in [0.4, 0.5) is 34.1 Å². The molecule has 0 spiro atoms. The lowest BCUT2D eigenvalue weighted by Crippen LogP contribution is -2.49. The standard InChI is InChI=1S/C52H36N2OS2Si/c1-58(2)48-30-28-35(53(33-15-5-3-6-16-33)43-23-13-21-39-37-19-9-11-25-46(37)56-50(39)43)31-42(48)49-52(58)41-29-27-36(32-45(41)55-49)54(34-17-7-4-8-18-34)44-24-14-22-40-38-20-10-12-26-47(38)57-51(40)44/h3-32H,1-2H3. The average Bonchev–Trinajstić information content (AvgIpc) is 4.01. The second kappa shape index (κ2) is 12.8. The molecule has 3 nitrogen and oxygen atoms in total. The smallest absolute Gasteiger partial charge is 0.136 e. The fourth-order valence-corrected chi connectivity index (χ4v) is 15.1. The van der Waals surface area contributed by atoms with Gasteiger partial charge in [-0.05, 0) is 83.2 Å². The van der Waals surface area contributed by atoms with E-state index in [1.54, 1.807) is 0 Å². The molecular formula is C52H36N2OS2Si. The maximum absolute atomic E-state index is 7.12. The molecule has 0 radical (unpaired) electrons. The number of anilines is 6. The van der Waals surface area contributed by atoms with Gasteiger partial charge in [-0.1, -0.05) is 116 Å².